The minimum absolute atomic E-state index is 0.0766. The average Bonchev–Trinajstić information content (AvgIpc) is 3.13. The van der Waals surface area contributed by atoms with Crippen LogP contribution in [0, 0.1) is 0 Å². The Morgan fingerprint density at radius 2 is 1.86 bits per heavy atom. The van der Waals surface area contributed by atoms with E-state index in [1.54, 1.807) is 7.05 Å². The summed E-state index contributed by atoms with van der Waals surface area (Å²) in [4.78, 5) is 28.2. The molecule has 0 radical (unpaired) electrons. The fraction of sp³-hybridized carbons (Fsp3) is 0.312. The molecular formula is C16H16N2O2S2. The summed E-state index contributed by atoms with van der Waals surface area (Å²) in [6.07, 6.45) is 3.98. The number of benzene rings is 1. The molecule has 114 valence electrons. The number of hydrogen-bond acceptors (Lipinski definition) is 4. The van der Waals surface area contributed by atoms with Gasteiger partial charge in [0.1, 0.15) is 4.32 Å². The van der Waals surface area contributed by atoms with Crippen LogP contribution in [0.1, 0.15) is 28.8 Å². The lowest BCUT2D eigenvalue weighted by atomic mass is 10.1. The van der Waals surface area contributed by atoms with Gasteiger partial charge in [-0.15, -0.1) is 0 Å². The standard InChI is InChI=1S/C16H16N2O2S2/c1-17-15(20)13(22-16(17)21)10-11-4-6-12(7-5-11)14(19)18-8-2-3-9-18/h4-7,10H,2-3,8-9H2,1H3/b13-10+. The van der Waals surface area contributed by atoms with Gasteiger partial charge in [0, 0.05) is 25.7 Å². The molecule has 2 aliphatic rings. The second-order valence-electron chi connectivity index (χ2n) is 5.36. The number of thiocarbonyl (C=S) groups is 1. The van der Waals surface area contributed by atoms with Gasteiger partial charge in [-0.1, -0.05) is 36.1 Å². The van der Waals surface area contributed by atoms with E-state index < -0.39 is 0 Å². The first kappa shape index (κ1) is 15.2. The van der Waals surface area contributed by atoms with E-state index in [4.69, 9.17) is 12.2 Å². The molecule has 0 N–H and O–H groups in total. The molecule has 0 saturated carbocycles. The molecule has 2 aliphatic heterocycles. The molecule has 0 unspecified atom stereocenters. The van der Waals surface area contributed by atoms with E-state index in [-0.39, 0.29) is 11.8 Å². The molecule has 0 bridgehead atoms. The second-order valence-corrected chi connectivity index (χ2v) is 7.04. The summed E-state index contributed by atoms with van der Waals surface area (Å²) in [7, 11) is 1.68. The van der Waals surface area contributed by atoms with Gasteiger partial charge in [0.25, 0.3) is 11.8 Å². The normalized spacial score (nSPS) is 20.3. The van der Waals surface area contributed by atoms with Gasteiger partial charge in [-0.2, -0.15) is 0 Å². The fourth-order valence-electron chi connectivity index (χ4n) is 2.52. The van der Waals surface area contributed by atoms with Crippen LogP contribution >= 0.6 is 24.0 Å². The van der Waals surface area contributed by atoms with Crippen LogP contribution in [0.3, 0.4) is 0 Å². The molecule has 0 aromatic heterocycles. The monoisotopic (exact) mass is 332 g/mol. The lowest BCUT2D eigenvalue weighted by molar-refractivity contribution is -0.121. The van der Waals surface area contributed by atoms with Crippen molar-refractivity contribution in [2.24, 2.45) is 0 Å². The van der Waals surface area contributed by atoms with Gasteiger partial charge in [-0.3, -0.25) is 14.5 Å². The number of likely N-dealkylation sites (N-methyl/N-ethyl adjacent to an activating group) is 1. The Morgan fingerprint density at radius 1 is 1.23 bits per heavy atom. The van der Waals surface area contributed by atoms with Crippen molar-refractivity contribution in [3.05, 3.63) is 40.3 Å². The first-order chi connectivity index (χ1) is 10.6. The van der Waals surface area contributed by atoms with Crippen molar-refractivity contribution in [1.82, 2.24) is 9.80 Å². The Balaban J connectivity index is 1.76. The molecule has 2 amide bonds. The number of rotatable bonds is 2. The molecule has 2 fully saturated rings. The van der Waals surface area contributed by atoms with E-state index in [1.165, 1.54) is 16.7 Å². The van der Waals surface area contributed by atoms with Gasteiger partial charge in [0.15, 0.2) is 0 Å². The van der Waals surface area contributed by atoms with Crippen LogP contribution in [-0.2, 0) is 4.79 Å². The number of hydrogen-bond donors (Lipinski definition) is 0. The Labute approximate surface area is 139 Å². The lowest BCUT2D eigenvalue weighted by Gasteiger charge is -2.15. The van der Waals surface area contributed by atoms with Crippen molar-refractivity contribution in [1.29, 1.82) is 0 Å². The lowest BCUT2D eigenvalue weighted by Crippen LogP contribution is -2.27. The summed E-state index contributed by atoms with van der Waals surface area (Å²) in [6.45, 7) is 1.69. The van der Waals surface area contributed by atoms with Crippen LogP contribution in [0.25, 0.3) is 6.08 Å². The maximum absolute atomic E-state index is 12.3. The summed E-state index contributed by atoms with van der Waals surface area (Å²) < 4.78 is 0.567. The highest BCUT2D eigenvalue weighted by Gasteiger charge is 2.28. The maximum Gasteiger partial charge on any atom is 0.265 e. The third-order valence-electron chi connectivity index (χ3n) is 3.84. The smallest absolute Gasteiger partial charge is 0.265 e. The van der Waals surface area contributed by atoms with E-state index >= 15 is 0 Å². The van der Waals surface area contributed by atoms with Crippen LogP contribution in [-0.4, -0.2) is 46.1 Å². The third kappa shape index (κ3) is 2.94. The first-order valence-corrected chi connectivity index (χ1v) is 8.39. The van der Waals surface area contributed by atoms with Crippen LogP contribution in [0.4, 0.5) is 0 Å². The molecule has 1 aromatic carbocycles. The zero-order valence-corrected chi connectivity index (χ0v) is 13.9. The van der Waals surface area contributed by atoms with Gasteiger partial charge in [-0.05, 0) is 36.6 Å². The Hall–Kier alpha value is -1.66. The van der Waals surface area contributed by atoms with Crippen LogP contribution in [0.2, 0.25) is 0 Å². The highest BCUT2D eigenvalue weighted by atomic mass is 32.2. The highest BCUT2D eigenvalue weighted by Crippen LogP contribution is 2.31. The largest absolute Gasteiger partial charge is 0.339 e. The van der Waals surface area contributed by atoms with Crippen molar-refractivity contribution < 1.29 is 9.59 Å². The summed E-state index contributed by atoms with van der Waals surface area (Å²) >= 11 is 6.41. The predicted octanol–water partition coefficient (Wildman–Crippen LogP) is 2.75. The number of carbonyl (C=O) groups excluding carboxylic acids is 2. The van der Waals surface area contributed by atoms with Gasteiger partial charge in [0.05, 0.1) is 4.91 Å². The topological polar surface area (TPSA) is 40.6 Å². The van der Waals surface area contributed by atoms with E-state index in [0.29, 0.717) is 14.8 Å². The molecular weight excluding hydrogens is 316 g/mol. The molecule has 0 spiro atoms. The Morgan fingerprint density at radius 3 is 2.41 bits per heavy atom. The minimum atomic E-state index is -0.0766. The van der Waals surface area contributed by atoms with Gasteiger partial charge in [0.2, 0.25) is 0 Å². The van der Waals surface area contributed by atoms with E-state index in [0.717, 1.165) is 31.5 Å². The quantitative estimate of drug-likeness (QED) is 0.617. The third-order valence-corrected chi connectivity index (χ3v) is 5.32. The Kier molecular flexibility index (Phi) is 4.31. The summed E-state index contributed by atoms with van der Waals surface area (Å²) in [5.41, 5.74) is 1.59. The number of likely N-dealkylation sites (tertiary alicyclic amines) is 1. The van der Waals surface area contributed by atoms with Gasteiger partial charge < -0.3 is 4.90 Å². The molecule has 2 saturated heterocycles. The number of amides is 2. The molecule has 0 atom stereocenters. The van der Waals surface area contributed by atoms with Crippen molar-refractivity contribution in [3.8, 4) is 0 Å². The average molecular weight is 332 g/mol. The molecule has 1 aromatic rings. The summed E-state index contributed by atoms with van der Waals surface area (Å²) in [6, 6.07) is 7.37. The summed E-state index contributed by atoms with van der Waals surface area (Å²) in [5.74, 6) is 0.0103. The number of nitrogens with zero attached hydrogens (tertiary/aromatic N) is 2. The maximum atomic E-state index is 12.3. The SMILES string of the molecule is CN1C(=O)/C(=C\c2ccc(C(=O)N3CCCC3)cc2)SC1=S. The zero-order chi connectivity index (χ0) is 15.7. The van der Waals surface area contributed by atoms with Crippen molar-refractivity contribution in [2.75, 3.05) is 20.1 Å². The van der Waals surface area contributed by atoms with Crippen LogP contribution < -0.4 is 0 Å². The predicted molar refractivity (Wildman–Crippen MR) is 92.5 cm³/mol. The van der Waals surface area contributed by atoms with E-state index in [2.05, 4.69) is 0 Å². The van der Waals surface area contributed by atoms with E-state index in [9.17, 15) is 9.59 Å². The minimum Gasteiger partial charge on any atom is -0.339 e. The van der Waals surface area contributed by atoms with Crippen molar-refractivity contribution in [3.63, 3.8) is 0 Å². The van der Waals surface area contributed by atoms with Crippen molar-refractivity contribution >= 4 is 46.2 Å². The molecule has 3 rings (SSSR count). The number of carbonyl (C=O) groups is 2. The van der Waals surface area contributed by atoms with E-state index in [1.807, 2.05) is 35.2 Å². The zero-order valence-electron chi connectivity index (χ0n) is 12.2. The molecule has 0 aliphatic carbocycles. The first-order valence-electron chi connectivity index (χ1n) is 7.17. The molecule has 6 heteroatoms. The van der Waals surface area contributed by atoms with Crippen LogP contribution in [0.5, 0.6) is 0 Å². The molecule has 4 nitrogen and oxygen atoms in total. The number of thioether (sulfide) groups is 1. The fourth-order valence-corrected chi connectivity index (χ4v) is 3.70. The second kappa shape index (κ2) is 6.22. The van der Waals surface area contributed by atoms with Gasteiger partial charge in [-0.25, -0.2) is 0 Å². The summed E-state index contributed by atoms with van der Waals surface area (Å²) in [5, 5.41) is 0. The van der Waals surface area contributed by atoms with Gasteiger partial charge >= 0.3 is 0 Å². The molecule has 2 heterocycles. The van der Waals surface area contributed by atoms with Crippen LogP contribution in [0.15, 0.2) is 29.2 Å². The Bertz CT molecular complexity index is 661. The molecule has 22 heavy (non-hydrogen) atoms. The highest BCUT2D eigenvalue weighted by molar-refractivity contribution is 8.26. The van der Waals surface area contributed by atoms with Crippen molar-refractivity contribution in [2.45, 2.75) is 12.8 Å².